The SMILES string of the molecule is CCCn1nc(C)c2cccc(F)c21. The van der Waals surface area contributed by atoms with Gasteiger partial charge in [0.2, 0.25) is 0 Å². The van der Waals surface area contributed by atoms with Crippen molar-refractivity contribution in [3.8, 4) is 0 Å². The van der Waals surface area contributed by atoms with Gasteiger partial charge in [0.15, 0.2) is 0 Å². The zero-order valence-electron chi connectivity index (χ0n) is 8.42. The van der Waals surface area contributed by atoms with Gasteiger partial charge in [0.25, 0.3) is 0 Å². The summed E-state index contributed by atoms with van der Waals surface area (Å²) in [5.74, 6) is -0.184. The van der Waals surface area contributed by atoms with Gasteiger partial charge in [0.05, 0.1) is 5.69 Å². The number of aryl methyl sites for hydroxylation is 2. The van der Waals surface area contributed by atoms with Crippen molar-refractivity contribution in [1.29, 1.82) is 0 Å². The lowest BCUT2D eigenvalue weighted by Gasteiger charge is -2.00. The maximum Gasteiger partial charge on any atom is 0.149 e. The van der Waals surface area contributed by atoms with E-state index in [2.05, 4.69) is 12.0 Å². The number of halogens is 1. The Morgan fingerprint density at radius 2 is 2.21 bits per heavy atom. The Morgan fingerprint density at radius 1 is 1.43 bits per heavy atom. The van der Waals surface area contributed by atoms with Gasteiger partial charge >= 0.3 is 0 Å². The summed E-state index contributed by atoms with van der Waals surface area (Å²) in [5, 5.41) is 5.23. The van der Waals surface area contributed by atoms with E-state index in [0.717, 1.165) is 24.0 Å². The average molecular weight is 192 g/mol. The highest BCUT2D eigenvalue weighted by atomic mass is 19.1. The molecule has 0 bridgehead atoms. The Bertz CT molecular complexity index is 460. The fraction of sp³-hybridized carbons (Fsp3) is 0.364. The number of para-hydroxylation sites is 1. The van der Waals surface area contributed by atoms with Gasteiger partial charge in [0, 0.05) is 11.9 Å². The largest absolute Gasteiger partial charge is 0.262 e. The van der Waals surface area contributed by atoms with E-state index in [4.69, 9.17) is 0 Å². The van der Waals surface area contributed by atoms with Crippen LogP contribution < -0.4 is 0 Å². The topological polar surface area (TPSA) is 17.8 Å². The Balaban J connectivity index is 2.72. The third-order valence-electron chi connectivity index (χ3n) is 2.34. The Morgan fingerprint density at radius 3 is 2.93 bits per heavy atom. The fourth-order valence-corrected chi connectivity index (χ4v) is 1.73. The summed E-state index contributed by atoms with van der Waals surface area (Å²) in [6, 6.07) is 5.12. The normalized spacial score (nSPS) is 11.1. The summed E-state index contributed by atoms with van der Waals surface area (Å²) in [6.07, 6.45) is 0.963. The molecule has 0 fully saturated rings. The molecule has 2 nitrogen and oxygen atoms in total. The van der Waals surface area contributed by atoms with Crippen molar-refractivity contribution in [2.75, 3.05) is 0 Å². The maximum absolute atomic E-state index is 13.5. The zero-order valence-corrected chi connectivity index (χ0v) is 8.42. The van der Waals surface area contributed by atoms with Gasteiger partial charge in [-0.2, -0.15) is 5.10 Å². The van der Waals surface area contributed by atoms with Crippen molar-refractivity contribution in [2.24, 2.45) is 0 Å². The maximum atomic E-state index is 13.5. The molecule has 0 aliphatic heterocycles. The fourth-order valence-electron chi connectivity index (χ4n) is 1.73. The molecule has 1 aromatic carbocycles. The number of fused-ring (bicyclic) bond motifs is 1. The van der Waals surface area contributed by atoms with Crippen LogP contribution in [0.1, 0.15) is 19.0 Å². The number of benzene rings is 1. The molecule has 1 heterocycles. The molecule has 0 saturated heterocycles. The van der Waals surface area contributed by atoms with E-state index in [-0.39, 0.29) is 5.82 Å². The van der Waals surface area contributed by atoms with Crippen LogP contribution in [0.2, 0.25) is 0 Å². The summed E-state index contributed by atoms with van der Waals surface area (Å²) < 4.78 is 15.3. The Hall–Kier alpha value is -1.38. The Labute approximate surface area is 82.3 Å². The van der Waals surface area contributed by atoms with Gasteiger partial charge in [-0.25, -0.2) is 4.39 Å². The van der Waals surface area contributed by atoms with E-state index < -0.39 is 0 Å². The first-order valence-electron chi connectivity index (χ1n) is 4.85. The molecule has 2 aromatic rings. The lowest BCUT2D eigenvalue weighted by molar-refractivity contribution is 0.585. The number of rotatable bonds is 2. The van der Waals surface area contributed by atoms with Crippen LogP contribution in [-0.4, -0.2) is 9.78 Å². The first kappa shape index (κ1) is 9.19. The first-order valence-corrected chi connectivity index (χ1v) is 4.85. The van der Waals surface area contributed by atoms with E-state index >= 15 is 0 Å². The van der Waals surface area contributed by atoms with Gasteiger partial charge in [-0.1, -0.05) is 19.1 Å². The first-order chi connectivity index (χ1) is 6.74. The molecular weight excluding hydrogens is 179 g/mol. The van der Waals surface area contributed by atoms with E-state index in [9.17, 15) is 4.39 Å². The summed E-state index contributed by atoms with van der Waals surface area (Å²) in [4.78, 5) is 0. The third-order valence-corrected chi connectivity index (χ3v) is 2.34. The van der Waals surface area contributed by atoms with Gasteiger partial charge < -0.3 is 0 Å². The molecule has 0 aliphatic rings. The van der Waals surface area contributed by atoms with Gasteiger partial charge in [0.1, 0.15) is 11.3 Å². The predicted molar refractivity (Wildman–Crippen MR) is 54.7 cm³/mol. The highest BCUT2D eigenvalue weighted by Gasteiger charge is 2.09. The minimum absolute atomic E-state index is 0.184. The molecule has 0 spiro atoms. The summed E-state index contributed by atoms with van der Waals surface area (Å²) in [6.45, 7) is 4.74. The van der Waals surface area contributed by atoms with Crippen molar-refractivity contribution in [3.63, 3.8) is 0 Å². The number of hydrogen-bond acceptors (Lipinski definition) is 1. The van der Waals surface area contributed by atoms with E-state index in [0.29, 0.717) is 5.52 Å². The van der Waals surface area contributed by atoms with Crippen molar-refractivity contribution < 1.29 is 4.39 Å². The number of hydrogen-bond donors (Lipinski definition) is 0. The molecule has 0 unspecified atom stereocenters. The molecule has 0 radical (unpaired) electrons. The van der Waals surface area contributed by atoms with Crippen molar-refractivity contribution >= 4 is 10.9 Å². The molecule has 14 heavy (non-hydrogen) atoms. The average Bonchev–Trinajstić information content (AvgIpc) is 2.46. The monoisotopic (exact) mass is 192 g/mol. The smallest absolute Gasteiger partial charge is 0.149 e. The van der Waals surface area contributed by atoms with Crippen LogP contribution in [0, 0.1) is 12.7 Å². The van der Waals surface area contributed by atoms with Crippen LogP contribution in [0.4, 0.5) is 4.39 Å². The second kappa shape index (κ2) is 3.40. The molecule has 3 heteroatoms. The highest BCUT2D eigenvalue weighted by Crippen LogP contribution is 2.20. The quantitative estimate of drug-likeness (QED) is 0.715. The molecule has 0 N–H and O–H groups in total. The van der Waals surface area contributed by atoms with Crippen molar-refractivity contribution in [3.05, 3.63) is 29.7 Å². The molecule has 1 aromatic heterocycles. The van der Waals surface area contributed by atoms with Crippen molar-refractivity contribution in [2.45, 2.75) is 26.8 Å². The van der Waals surface area contributed by atoms with Gasteiger partial charge in [-0.05, 0) is 19.4 Å². The van der Waals surface area contributed by atoms with Crippen LogP contribution in [-0.2, 0) is 6.54 Å². The minimum atomic E-state index is -0.184. The predicted octanol–water partition coefficient (Wildman–Crippen LogP) is 2.89. The second-order valence-corrected chi connectivity index (χ2v) is 3.44. The van der Waals surface area contributed by atoms with Gasteiger partial charge in [-0.3, -0.25) is 4.68 Å². The lowest BCUT2D eigenvalue weighted by Crippen LogP contribution is -1.99. The summed E-state index contributed by atoms with van der Waals surface area (Å²) in [5.41, 5.74) is 1.53. The molecule has 2 rings (SSSR count). The summed E-state index contributed by atoms with van der Waals surface area (Å²) in [7, 11) is 0. The van der Waals surface area contributed by atoms with Crippen LogP contribution >= 0.6 is 0 Å². The highest BCUT2D eigenvalue weighted by molar-refractivity contribution is 5.82. The third kappa shape index (κ3) is 1.29. The van der Waals surface area contributed by atoms with Crippen LogP contribution in [0.5, 0.6) is 0 Å². The molecule has 74 valence electrons. The lowest BCUT2D eigenvalue weighted by atomic mass is 10.2. The minimum Gasteiger partial charge on any atom is -0.262 e. The van der Waals surface area contributed by atoms with E-state index in [1.54, 1.807) is 10.7 Å². The molecule has 0 saturated carbocycles. The van der Waals surface area contributed by atoms with Crippen LogP contribution in [0.15, 0.2) is 18.2 Å². The van der Waals surface area contributed by atoms with Crippen LogP contribution in [0.3, 0.4) is 0 Å². The molecular formula is C11H13FN2. The van der Waals surface area contributed by atoms with Crippen molar-refractivity contribution in [1.82, 2.24) is 9.78 Å². The van der Waals surface area contributed by atoms with E-state index in [1.165, 1.54) is 6.07 Å². The second-order valence-electron chi connectivity index (χ2n) is 3.44. The van der Waals surface area contributed by atoms with Gasteiger partial charge in [-0.15, -0.1) is 0 Å². The Kier molecular flexibility index (Phi) is 2.23. The molecule has 0 atom stereocenters. The summed E-state index contributed by atoms with van der Waals surface area (Å²) >= 11 is 0. The molecule has 0 aliphatic carbocycles. The zero-order chi connectivity index (χ0) is 10.1. The van der Waals surface area contributed by atoms with E-state index in [1.807, 2.05) is 13.0 Å². The number of aromatic nitrogens is 2. The molecule has 0 amide bonds. The number of nitrogens with zero attached hydrogens (tertiary/aromatic N) is 2. The standard InChI is InChI=1S/C11H13FN2/c1-3-7-14-11-9(8(2)13-14)5-4-6-10(11)12/h4-6H,3,7H2,1-2H3. The van der Waals surface area contributed by atoms with Crippen LogP contribution in [0.25, 0.3) is 10.9 Å².